The van der Waals surface area contributed by atoms with Crippen LogP contribution in [0.2, 0.25) is 0 Å². The summed E-state index contributed by atoms with van der Waals surface area (Å²) in [6.45, 7) is 0. The van der Waals surface area contributed by atoms with Gasteiger partial charge in [-0.1, -0.05) is 0 Å². The number of carbonyl (C=O) groups excluding carboxylic acids is 1. The van der Waals surface area contributed by atoms with E-state index in [2.05, 4.69) is 4.98 Å². The fourth-order valence-corrected chi connectivity index (χ4v) is 1.89. The van der Waals surface area contributed by atoms with Crippen LogP contribution in [0.25, 0.3) is 0 Å². The molecule has 0 saturated heterocycles. The van der Waals surface area contributed by atoms with Crippen molar-refractivity contribution in [3.8, 4) is 0 Å². The average molecular weight is 239 g/mol. The molecule has 5 heteroatoms. The fourth-order valence-electron chi connectivity index (χ4n) is 1.30. The molecule has 0 amide bonds. The zero-order valence-electron chi connectivity index (χ0n) is 8.11. The number of halogens is 2. The molecule has 82 valence electrons. The van der Waals surface area contributed by atoms with E-state index in [4.69, 9.17) is 0 Å². The number of ketones is 1. The van der Waals surface area contributed by atoms with Gasteiger partial charge in [0.15, 0.2) is 5.78 Å². The van der Waals surface area contributed by atoms with Crippen molar-refractivity contribution in [3.63, 3.8) is 0 Å². The van der Waals surface area contributed by atoms with Crippen molar-refractivity contribution in [3.05, 3.63) is 52.0 Å². The molecule has 0 radical (unpaired) electrons. The first kappa shape index (κ1) is 10.9. The molecule has 16 heavy (non-hydrogen) atoms. The van der Waals surface area contributed by atoms with E-state index in [0.29, 0.717) is 6.07 Å². The fraction of sp³-hybridized carbons (Fsp3) is 0.0909. The van der Waals surface area contributed by atoms with E-state index in [1.165, 1.54) is 11.3 Å². The topological polar surface area (TPSA) is 30.0 Å². The largest absolute Gasteiger partial charge is 0.294 e. The van der Waals surface area contributed by atoms with Crippen molar-refractivity contribution < 1.29 is 13.6 Å². The molecule has 2 aromatic rings. The van der Waals surface area contributed by atoms with Crippen LogP contribution in [0.4, 0.5) is 8.78 Å². The lowest BCUT2D eigenvalue weighted by molar-refractivity contribution is 0.0990. The van der Waals surface area contributed by atoms with Crippen LogP contribution < -0.4 is 0 Å². The normalized spacial score (nSPS) is 10.4. The van der Waals surface area contributed by atoms with Crippen LogP contribution in [0.1, 0.15) is 15.2 Å². The first-order valence-corrected chi connectivity index (χ1v) is 5.40. The third kappa shape index (κ3) is 2.30. The molecular formula is C11H7F2NOS. The highest BCUT2D eigenvalue weighted by Gasteiger charge is 2.13. The third-order valence-corrected chi connectivity index (χ3v) is 2.83. The summed E-state index contributed by atoms with van der Waals surface area (Å²) in [6, 6.07) is 2.94. The summed E-state index contributed by atoms with van der Waals surface area (Å²) in [5.41, 5.74) is 1.51. The van der Waals surface area contributed by atoms with Gasteiger partial charge in [-0.15, -0.1) is 11.3 Å². The zero-order valence-corrected chi connectivity index (χ0v) is 8.93. The molecule has 2 nitrogen and oxygen atoms in total. The highest BCUT2D eigenvalue weighted by molar-refractivity contribution is 7.09. The second-order valence-corrected chi connectivity index (χ2v) is 4.16. The van der Waals surface area contributed by atoms with Crippen LogP contribution in [0.15, 0.2) is 29.9 Å². The lowest BCUT2D eigenvalue weighted by Gasteiger charge is -2.00. The smallest absolute Gasteiger partial charge is 0.171 e. The maximum atomic E-state index is 13.3. The lowest BCUT2D eigenvalue weighted by Crippen LogP contribution is -2.05. The molecule has 0 aliphatic heterocycles. The van der Waals surface area contributed by atoms with Gasteiger partial charge in [0.05, 0.1) is 11.1 Å². The molecule has 1 aromatic carbocycles. The number of thiazole rings is 1. The zero-order chi connectivity index (χ0) is 11.5. The van der Waals surface area contributed by atoms with Crippen LogP contribution in [0, 0.1) is 11.6 Å². The van der Waals surface area contributed by atoms with Gasteiger partial charge in [-0.05, 0) is 12.1 Å². The minimum Gasteiger partial charge on any atom is -0.294 e. The van der Waals surface area contributed by atoms with Crippen molar-refractivity contribution in [2.75, 3.05) is 0 Å². The van der Waals surface area contributed by atoms with Gasteiger partial charge < -0.3 is 0 Å². The first-order chi connectivity index (χ1) is 7.66. The molecule has 0 bridgehead atoms. The van der Waals surface area contributed by atoms with E-state index in [0.717, 1.165) is 17.0 Å². The van der Waals surface area contributed by atoms with E-state index in [1.54, 1.807) is 11.7 Å². The van der Waals surface area contributed by atoms with Crippen molar-refractivity contribution in [1.82, 2.24) is 4.98 Å². The number of aromatic nitrogens is 1. The SMILES string of the molecule is O=C(Cc1cncs1)c1ccc(F)cc1F. The lowest BCUT2D eigenvalue weighted by atomic mass is 10.1. The van der Waals surface area contributed by atoms with Crippen LogP contribution in [0.3, 0.4) is 0 Å². The summed E-state index contributed by atoms with van der Waals surface area (Å²) < 4.78 is 25.9. The summed E-state index contributed by atoms with van der Waals surface area (Å²) in [6.07, 6.45) is 1.65. The molecule has 0 N–H and O–H groups in total. The Kier molecular flexibility index (Phi) is 3.05. The Morgan fingerprint density at radius 1 is 1.38 bits per heavy atom. The summed E-state index contributed by atoms with van der Waals surface area (Å²) in [5, 5.41) is 0. The molecule has 0 fully saturated rings. The number of hydrogen-bond donors (Lipinski definition) is 0. The Morgan fingerprint density at radius 2 is 2.19 bits per heavy atom. The molecule has 0 atom stereocenters. The predicted octanol–water partition coefficient (Wildman–Crippen LogP) is 2.85. The van der Waals surface area contributed by atoms with Gasteiger partial charge in [-0.2, -0.15) is 0 Å². The van der Waals surface area contributed by atoms with Crippen LogP contribution >= 0.6 is 11.3 Å². The summed E-state index contributed by atoms with van der Waals surface area (Å²) in [7, 11) is 0. The monoisotopic (exact) mass is 239 g/mol. The Bertz CT molecular complexity index is 511. The second kappa shape index (κ2) is 4.49. The summed E-state index contributed by atoms with van der Waals surface area (Å²) in [5.74, 6) is -1.89. The van der Waals surface area contributed by atoms with Gasteiger partial charge in [0.1, 0.15) is 11.6 Å². The third-order valence-electron chi connectivity index (χ3n) is 2.05. The Balaban J connectivity index is 2.21. The molecule has 0 spiro atoms. The minimum absolute atomic E-state index is 0.0881. The molecule has 2 rings (SSSR count). The van der Waals surface area contributed by atoms with Gasteiger partial charge in [0, 0.05) is 23.6 Å². The second-order valence-electron chi connectivity index (χ2n) is 3.19. The summed E-state index contributed by atoms with van der Waals surface area (Å²) >= 11 is 1.33. The van der Waals surface area contributed by atoms with Crippen LogP contribution in [0.5, 0.6) is 0 Å². The standard InChI is InChI=1S/C11H7F2NOS/c12-7-1-2-9(10(13)3-7)11(15)4-8-5-14-6-16-8/h1-3,5-6H,4H2. The van der Waals surface area contributed by atoms with E-state index < -0.39 is 11.6 Å². The number of benzene rings is 1. The number of rotatable bonds is 3. The van der Waals surface area contributed by atoms with E-state index in [9.17, 15) is 13.6 Å². The summed E-state index contributed by atoms with van der Waals surface area (Å²) in [4.78, 5) is 16.2. The van der Waals surface area contributed by atoms with Crippen molar-refractivity contribution >= 4 is 17.1 Å². The van der Waals surface area contributed by atoms with Crippen molar-refractivity contribution in [1.29, 1.82) is 0 Å². The van der Waals surface area contributed by atoms with E-state index in [1.807, 2.05) is 0 Å². The van der Waals surface area contributed by atoms with Crippen molar-refractivity contribution in [2.45, 2.75) is 6.42 Å². The number of hydrogen-bond acceptors (Lipinski definition) is 3. The maximum absolute atomic E-state index is 13.3. The Labute approximate surface area is 94.6 Å². The predicted molar refractivity (Wildman–Crippen MR) is 56.5 cm³/mol. The van der Waals surface area contributed by atoms with Crippen LogP contribution in [-0.4, -0.2) is 10.8 Å². The average Bonchev–Trinajstić information content (AvgIpc) is 2.70. The molecule has 0 aliphatic rings. The van der Waals surface area contributed by atoms with Gasteiger partial charge >= 0.3 is 0 Å². The van der Waals surface area contributed by atoms with Gasteiger partial charge in [0.25, 0.3) is 0 Å². The number of Topliss-reactive ketones (excluding diaryl/α,β-unsaturated/α-hetero) is 1. The van der Waals surface area contributed by atoms with E-state index >= 15 is 0 Å². The first-order valence-electron chi connectivity index (χ1n) is 4.52. The van der Waals surface area contributed by atoms with Crippen LogP contribution in [-0.2, 0) is 6.42 Å². The van der Waals surface area contributed by atoms with E-state index in [-0.39, 0.29) is 17.8 Å². The molecule has 1 aromatic heterocycles. The quantitative estimate of drug-likeness (QED) is 0.771. The van der Waals surface area contributed by atoms with Crippen molar-refractivity contribution in [2.24, 2.45) is 0 Å². The molecule has 0 saturated carbocycles. The number of carbonyl (C=O) groups is 1. The van der Waals surface area contributed by atoms with Gasteiger partial charge in [-0.3, -0.25) is 9.78 Å². The molecular weight excluding hydrogens is 232 g/mol. The molecule has 0 unspecified atom stereocenters. The molecule has 1 heterocycles. The highest BCUT2D eigenvalue weighted by Crippen LogP contribution is 2.14. The Morgan fingerprint density at radius 3 is 2.81 bits per heavy atom. The van der Waals surface area contributed by atoms with Gasteiger partial charge in [0.2, 0.25) is 0 Å². The Hall–Kier alpha value is -1.62. The maximum Gasteiger partial charge on any atom is 0.171 e. The minimum atomic E-state index is -0.825. The molecule has 0 aliphatic carbocycles. The highest BCUT2D eigenvalue weighted by atomic mass is 32.1. The number of nitrogens with zero attached hydrogens (tertiary/aromatic N) is 1. The van der Waals surface area contributed by atoms with Gasteiger partial charge in [-0.25, -0.2) is 8.78 Å².